The largest absolute Gasteiger partial charge is 0.452 e. The van der Waals surface area contributed by atoms with Gasteiger partial charge in [-0.2, -0.15) is 0 Å². The summed E-state index contributed by atoms with van der Waals surface area (Å²) in [5.41, 5.74) is 5.71. The maximum atomic E-state index is 12.4. The molecule has 0 aliphatic carbocycles. The molecule has 1 aliphatic rings. The van der Waals surface area contributed by atoms with Crippen LogP contribution < -0.4 is 11.1 Å². The van der Waals surface area contributed by atoms with Crippen LogP contribution in [-0.4, -0.2) is 41.4 Å². The van der Waals surface area contributed by atoms with Gasteiger partial charge in [0.15, 0.2) is 6.10 Å². The Kier molecular flexibility index (Phi) is 6.79. The van der Waals surface area contributed by atoms with Gasteiger partial charge in [0.25, 0.3) is 5.91 Å². The van der Waals surface area contributed by atoms with E-state index in [4.69, 9.17) is 22.1 Å². The minimum Gasteiger partial charge on any atom is -0.452 e. The summed E-state index contributed by atoms with van der Waals surface area (Å²) in [5, 5.41) is 2.45. The Bertz CT molecular complexity index is 752. The number of carbonyl (C=O) groups is 4. The highest BCUT2D eigenvalue weighted by atomic mass is 35.5. The van der Waals surface area contributed by atoms with Crippen molar-refractivity contribution in [1.29, 1.82) is 0 Å². The molecular weight excluding hydrogens is 374 g/mol. The SMILES string of the molecule is CC(C)[C@@H](OC(=O)[C@H]1CC(=O)N(Cc2ccccc2Cl)C1)C(=O)NC(N)=O. The zero-order chi connectivity index (χ0) is 20.1. The maximum Gasteiger partial charge on any atom is 0.318 e. The van der Waals surface area contributed by atoms with Crippen molar-refractivity contribution in [3.63, 3.8) is 0 Å². The maximum absolute atomic E-state index is 12.4. The first-order valence-corrected chi connectivity index (χ1v) is 8.88. The lowest BCUT2D eigenvalue weighted by molar-refractivity contribution is -0.162. The van der Waals surface area contributed by atoms with E-state index < -0.39 is 29.9 Å². The molecule has 27 heavy (non-hydrogen) atoms. The zero-order valence-electron chi connectivity index (χ0n) is 15.1. The number of nitrogens with one attached hydrogen (secondary N) is 1. The van der Waals surface area contributed by atoms with Crippen LogP contribution in [0.1, 0.15) is 25.8 Å². The number of benzene rings is 1. The first-order valence-electron chi connectivity index (χ1n) is 8.51. The molecule has 4 amide bonds. The summed E-state index contributed by atoms with van der Waals surface area (Å²) in [4.78, 5) is 49.0. The number of likely N-dealkylation sites (tertiary alicyclic amines) is 1. The molecule has 1 fully saturated rings. The Morgan fingerprint density at radius 2 is 2.00 bits per heavy atom. The summed E-state index contributed by atoms with van der Waals surface area (Å²) < 4.78 is 5.27. The number of esters is 1. The topological polar surface area (TPSA) is 119 Å². The molecule has 1 aromatic rings. The minimum atomic E-state index is -1.17. The average Bonchev–Trinajstić information content (AvgIpc) is 2.94. The summed E-state index contributed by atoms with van der Waals surface area (Å²) in [6.45, 7) is 3.80. The molecule has 1 saturated heterocycles. The van der Waals surface area contributed by atoms with Gasteiger partial charge >= 0.3 is 12.0 Å². The Morgan fingerprint density at radius 3 is 2.59 bits per heavy atom. The lowest BCUT2D eigenvalue weighted by Crippen LogP contribution is -2.46. The van der Waals surface area contributed by atoms with E-state index in [9.17, 15) is 19.2 Å². The van der Waals surface area contributed by atoms with Crippen LogP contribution in [0.4, 0.5) is 4.79 Å². The van der Waals surface area contributed by atoms with E-state index in [1.54, 1.807) is 26.0 Å². The van der Waals surface area contributed by atoms with Gasteiger partial charge in [0.05, 0.1) is 5.92 Å². The van der Waals surface area contributed by atoms with E-state index in [2.05, 4.69) is 0 Å². The van der Waals surface area contributed by atoms with E-state index in [-0.39, 0.29) is 31.3 Å². The van der Waals surface area contributed by atoms with Crippen LogP contribution >= 0.6 is 11.6 Å². The molecule has 8 nitrogen and oxygen atoms in total. The third kappa shape index (κ3) is 5.43. The predicted octanol–water partition coefficient (Wildman–Crippen LogP) is 1.45. The molecule has 146 valence electrons. The van der Waals surface area contributed by atoms with E-state index in [1.165, 1.54) is 4.90 Å². The highest BCUT2D eigenvalue weighted by molar-refractivity contribution is 6.31. The molecule has 1 heterocycles. The molecule has 0 radical (unpaired) electrons. The average molecular weight is 396 g/mol. The van der Waals surface area contributed by atoms with Gasteiger partial charge in [-0.05, 0) is 17.5 Å². The van der Waals surface area contributed by atoms with Crippen molar-refractivity contribution in [2.24, 2.45) is 17.6 Å². The second kappa shape index (κ2) is 8.85. The molecule has 3 N–H and O–H groups in total. The van der Waals surface area contributed by atoms with Gasteiger partial charge in [0, 0.05) is 24.5 Å². The van der Waals surface area contributed by atoms with Crippen molar-refractivity contribution in [3.05, 3.63) is 34.9 Å². The third-order valence-corrected chi connectivity index (χ3v) is 4.59. The predicted molar refractivity (Wildman–Crippen MR) is 97.4 cm³/mol. The second-order valence-corrected chi connectivity index (χ2v) is 7.13. The third-order valence-electron chi connectivity index (χ3n) is 4.22. The van der Waals surface area contributed by atoms with Crippen LogP contribution in [-0.2, 0) is 25.7 Å². The fourth-order valence-electron chi connectivity index (χ4n) is 2.82. The van der Waals surface area contributed by atoms with Gasteiger partial charge < -0.3 is 15.4 Å². The molecule has 1 aliphatic heterocycles. The number of amides is 4. The number of nitrogens with zero attached hydrogens (tertiary/aromatic N) is 1. The Hall–Kier alpha value is -2.61. The Balaban J connectivity index is 2.00. The minimum absolute atomic E-state index is 0.00839. The molecule has 1 aromatic carbocycles. The van der Waals surface area contributed by atoms with Gasteiger partial charge in [-0.25, -0.2) is 4.79 Å². The summed E-state index contributed by atoms with van der Waals surface area (Å²) in [5.74, 6) is -2.71. The fourth-order valence-corrected chi connectivity index (χ4v) is 3.02. The van der Waals surface area contributed by atoms with Crippen LogP contribution in [0.5, 0.6) is 0 Å². The number of urea groups is 1. The van der Waals surface area contributed by atoms with Crippen molar-refractivity contribution in [3.8, 4) is 0 Å². The molecule has 0 spiro atoms. The van der Waals surface area contributed by atoms with E-state index >= 15 is 0 Å². The van der Waals surface area contributed by atoms with Crippen LogP contribution in [0.15, 0.2) is 24.3 Å². The number of ether oxygens (including phenoxy) is 1. The summed E-state index contributed by atoms with van der Waals surface area (Å²) in [6, 6.07) is 6.13. The molecule has 2 rings (SSSR count). The van der Waals surface area contributed by atoms with Crippen LogP contribution in [0.2, 0.25) is 5.02 Å². The number of hydrogen-bond acceptors (Lipinski definition) is 5. The quantitative estimate of drug-likeness (QED) is 0.706. The van der Waals surface area contributed by atoms with Crippen LogP contribution in [0, 0.1) is 11.8 Å². The van der Waals surface area contributed by atoms with Gasteiger partial charge in [-0.1, -0.05) is 43.6 Å². The molecule has 0 saturated carbocycles. The first-order chi connectivity index (χ1) is 12.7. The number of primary amides is 1. The molecule has 0 unspecified atom stereocenters. The zero-order valence-corrected chi connectivity index (χ0v) is 15.9. The van der Waals surface area contributed by atoms with Crippen molar-refractivity contribution in [2.45, 2.75) is 32.9 Å². The molecule has 0 aromatic heterocycles. The Morgan fingerprint density at radius 1 is 1.33 bits per heavy atom. The number of rotatable bonds is 6. The smallest absolute Gasteiger partial charge is 0.318 e. The molecule has 2 atom stereocenters. The summed E-state index contributed by atoms with van der Waals surface area (Å²) in [7, 11) is 0. The normalized spacial score (nSPS) is 17.7. The van der Waals surface area contributed by atoms with E-state index in [0.717, 1.165) is 5.56 Å². The standard InChI is InChI=1S/C18H22ClN3O5/c1-10(2)15(16(24)21-18(20)26)27-17(25)12-7-14(23)22(9-12)8-11-5-3-4-6-13(11)19/h3-6,10,12,15H,7-9H2,1-2H3,(H3,20,21,24,26)/t12-,15+/m0/s1. The van der Waals surface area contributed by atoms with Crippen molar-refractivity contribution in [1.82, 2.24) is 10.2 Å². The van der Waals surface area contributed by atoms with E-state index in [1.807, 2.05) is 17.4 Å². The number of imide groups is 1. The number of nitrogens with two attached hydrogens (primary N) is 1. The van der Waals surface area contributed by atoms with Crippen molar-refractivity contribution < 1.29 is 23.9 Å². The van der Waals surface area contributed by atoms with E-state index in [0.29, 0.717) is 5.02 Å². The van der Waals surface area contributed by atoms with Gasteiger partial charge in [-0.3, -0.25) is 19.7 Å². The summed E-state index contributed by atoms with van der Waals surface area (Å²) >= 11 is 6.12. The molecule has 9 heteroatoms. The van der Waals surface area contributed by atoms with Crippen molar-refractivity contribution in [2.75, 3.05) is 6.54 Å². The number of carbonyl (C=O) groups excluding carboxylic acids is 4. The van der Waals surface area contributed by atoms with Gasteiger partial charge in [0.2, 0.25) is 5.91 Å². The summed E-state index contributed by atoms with van der Waals surface area (Å²) in [6.07, 6.45) is -1.18. The number of hydrogen-bond donors (Lipinski definition) is 2. The van der Waals surface area contributed by atoms with Crippen molar-refractivity contribution >= 4 is 35.4 Å². The molecular formula is C18H22ClN3O5. The second-order valence-electron chi connectivity index (χ2n) is 6.72. The lowest BCUT2D eigenvalue weighted by atomic mass is 10.1. The molecule has 0 bridgehead atoms. The highest BCUT2D eigenvalue weighted by Gasteiger charge is 2.38. The van der Waals surface area contributed by atoms with Crippen LogP contribution in [0.3, 0.4) is 0 Å². The Labute approximate surface area is 162 Å². The number of halogens is 1. The monoisotopic (exact) mass is 395 g/mol. The lowest BCUT2D eigenvalue weighted by Gasteiger charge is -2.22. The van der Waals surface area contributed by atoms with Gasteiger partial charge in [0.1, 0.15) is 0 Å². The fraction of sp³-hybridized carbons (Fsp3) is 0.444. The van der Waals surface area contributed by atoms with Crippen LogP contribution in [0.25, 0.3) is 0 Å². The first kappa shape index (κ1) is 20.7. The highest BCUT2D eigenvalue weighted by Crippen LogP contribution is 2.25. The van der Waals surface area contributed by atoms with Gasteiger partial charge in [-0.15, -0.1) is 0 Å².